The van der Waals surface area contributed by atoms with E-state index in [-0.39, 0.29) is 6.15 Å². The second kappa shape index (κ2) is 5.07. The van der Waals surface area contributed by atoms with Gasteiger partial charge in [0, 0.05) is 12.6 Å². The summed E-state index contributed by atoms with van der Waals surface area (Å²) in [4.78, 5) is 16.2. The van der Waals surface area contributed by atoms with E-state index in [1.807, 2.05) is 0 Å². The highest BCUT2D eigenvalue weighted by Gasteiger charge is 2.22. The summed E-state index contributed by atoms with van der Waals surface area (Å²) in [5.74, 6) is 0. The van der Waals surface area contributed by atoms with Crippen LogP contribution in [0.1, 0.15) is 33.6 Å². The van der Waals surface area contributed by atoms with Gasteiger partial charge >= 0.3 is 6.15 Å². The fraction of sp³-hybridized carbons (Fsp3) is 0.889. The quantitative estimate of drug-likeness (QED) is 0.679. The second-order valence-corrected chi connectivity index (χ2v) is 4.30. The zero-order valence-electron chi connectivity index (χ0n) is 8.02. The largest absolute Gasteiger partial charge is 0.373 e. The molecule has 0 radical (unpaired) electrons. The van der Waals surface area contributed by atoms with E-state index in [1.54, 1.807) is 0 Å². The fourth-order valence-corrected chi connectivity index (χ4v) is 0.738. The van der Waals surface area contributed by atoms with Crippen LogP contribution in [0.25, 0.3) is 0 Å². The van der Waals surface area contributed by atoms with Crippen molar-refractivity contribution in [2.45, 2.75) is 39.7 Å². The van der Waals surface area contributed by atoms with Crippen molar-refractivity contribution in [1.29, 1.82) is 0 Å². The molecule has 1 aliphatic rings. The summed E-state index contributed by atoms with van der Waals surface area (Å²) in [6, 6.07) is 0.865. The van der Waals surface area contributed by atoms with Crippen molar-refractivity contribution in [3.63, 3.8) is 0 Å². The van der Waals surface area contributed by atoms with Crippen LogP contribution in [0, 0.1) is 5.41 Å². The van der Waals surface area contributed by atoms with E-state index in [2.05, 4.69) is 26.1 Å². The van der Waals surface area contributed by atoms with Crippen LogP contribution in [0.15, 0.2) is 0 Å². The first-order valence-corrected chi connectivity index (χ1v) is 4.22. The van der Waals surface area contributed by atoms with Gasteiger partial charge in [0.1, 0.15) is 0 Å². The molecule has 0 bridgehead atoms. The average molecular weight is 171 g/mol. The molecule has 0 aromatic rings. The third-order valence-electron chi connectivity index (χ3n) is 1.50. The molecule has 0 atom stereocenters. The van der Waals surface area contributed by atoms with Crippen LogP contribution in [0.2, 0.25) is 0 Å². The van der Waals surface area contributed by atoms with E-state index in [0.717, 1.165) is 12.6 Å². The molecule has 0 heterocycles. The molecule has 0 spiro atoms. The fourth-order valence-electron chi connectivity index (χ4n) is 0.738. The normalized spacial score (nSPS) is 15.9. The van der Waals surface area contributed by atoms with Gasteiger partial charge in [-0.1, -0.05) is 20.8 Å². The highest BCUT2D eigenvalue weighted by atomic mass is 16.2. The predicted octanol–water partition coefficient (Wildman–Crippen LogP) is 1.20. The first kappa shape index (κ1) is 11.3. The Balaban J connectivity index is 0.000000354. The monoisotopic (exact) mass is 171 g/mol. The van der Waals surface area contributed by atoms with E-state index in [0.29, 0.717) is 5.41 Å². The van der Waals surface area contributed by atoms with Crippen LogP contribution in [-0.2, 0) is 9.59 Å². The van der Waals surface area contributed by atoms with Gasteiger partial charge in [-0.15, -0.1) is 0 Å². The molecule has 3 nitrogen and oxygen atoms in total. The van der Waals surface area contributed by atoms with Gasteiger partial charge in [-0.3, -0.25) is 0 Å². The average Bonchev–Trinajstić information content (AvgIpc) is 2.65. The van der Waals surface area contributed by atoms with E-state index >= 15 is 0 Å². The van der Waals surface area contributed by atoms with Crippen LogP contribution in [-0.4, -0.2) is 18.7 Å². The molecule has 1 N–H and O–H groups in total. The van der Waals surface area contributed by atoms with Crippen molar-refractivity contribution in [3.05, 3.63) is 0 Å². The molecule has 0 aromatic heterocycles. The molecule has 1 saturated carbocycles. The van der Waals surface area contributed by atoms with Crippen LogP contribution >= 0.6 is 0 Å². The second-order valence-electron chi connectivity index (χ2n) is 4.30. The first-order chi connectivity index (χ1) is 5.49. The van der Waals surface area contributed by atoms with Crippen molar-refractivity contribution in [1.82, 2.24) is 5.32 Å². The van der Waals surface area contributed by atoms with Crippen LogP contribution in [0.3, 0.4) is 0 Å². The SMILES string of the molecule is CC(C)(C)CNC1CC1.O=C=O. The number of carbonyl (C=O) groups excluding carboxylic acids is 2. The molecule has 0 aliphatic heterocycles. The zero-order chi connectivity index (χ0) is 9.61. The summed E-state index contributed by atoms with van der Waals surface area (Å²) in [6.45, 7) is 7.96. The zero-order valence-corrected chi connectivity index (χ0v) is 8.02. The van der Waals surface area contributed by atoms with Crippen LogP contribution in [0.4, 0.5) is 0 Å². The topological polar surface area (TPSA) is 46.2 Å². The minimum Gasteiger partial charge on any atom is -0.313 e. The minimum atomic E-state index is 0.250. The summed E-state index contributed by atoms with van der Waals surface area (Å²) in [5, 5.41) is 3.50. The number of hydrogen-bond acceptors (Lipinski definition) is 3. The molecule has 0 saturated heterocycles. The maximum absolute atomic E-state index is 8.12. The number of rotatable bonds is 2. The van der Waals surface area contributed by atoms with Gasteiger partial charge in [0.2, 0.25) is 0 Å². The molecule has 0 aromatic carbocycles. The molecule has 0 amide bonds. The Morgan fingerprint density at radius 1 is 1.33 bits per heavy atom. The van der Waals surface area contributed by atoms with Crippen molar-refractivity contribution in [3.8, 4) is 0 Å². The van der Waals surface area contributed by atoms with Gasteiger partial charge in [0.15, 0.2) is 0 Å². The maximum Gasteiger partial charge on any atom is 0.373 e. The van der Waals surface area contributed by atoms with E-state index in [4.69, 9.17) is 9.59 Å². The molecular weight excluding hydrogens is 154 g/mol. The van der Waals surface area contributed by atoms with Gasteiger partial charge in [-0.05, 0) is 18.3 Å². The van der Waals surface area contributed by atoms with Crippen molar-refractivity contribution in [2.24, 2.45) is 5.41 Å². The summed E-state index contributed by atoms with van der Waals surface area (Å²) in [6.07, 6.45) is 3.05. The Bertz CT molecular complexity index is 150. The molecule has 1 fully saturated rings. The van der Waals surface area contributed by atoms with Gasteiger partial charge < -0.3 is 5.32 Å². The lowest BCUT2D eigenvalue weighted by atomic mass is 9.97. The molecule has 1 rings (SSSR count). The molecule has 0 unspecified atom stereocenters. The summed E-state index contributed by atoms with van der Waals surface area (Å²) in [5.41, 5.74) is 0.461. The molecule has 12 heavy (non-hydrogen) atoms. The number of nitrogens with one attached hydrogen (secondary N) is 1. The molecular formula is C9H17NO2. The Morgan fingerprint density at radius 2 is 1.75 bits per heavy atom. The van der Waals surface area contributed by atoms with E-state index in [1.165, 1.54) is 12.8 Å². The van der Waals surface area contributed by atoms with Crippen LogP contribution in [0.5, 0.6) is 0 Å². The highest BCUT2D eigenvalue weighted by molar-refractivity contribution is 5.20. The van der Waals surface area contributed by atoms with Crippen LogP contribution < -0.4 is 5.32 Å². The van der Waals surface area contributed by atoms with Gasteiger partial charge in [0.05, 0.1) is 0 Å². The first-order valence-electron chi connectivity index (χ1n) is 4.22. The lowest BCUT2D eigenvalue weighted by Crippen LogP contribution is -2.28. The Labute approximate surface area is 73.5 Å². The highest BCUT2D eigenvalue weighted by Crippen LogP contribution is 2.20. The Hall–Kier alpha value is -0.660. The summed E-state index contributed by atoms with van der Waals surface area (Å²) < 4.78 is 0. The lowest BCUT2D eigenvalue weighted by Gasteiger charge is -2.18. The summed E-state index contributed by atoms with van der Waals surface area (Å²) >= 11 is 0. The van der Waals surface area contributed by atoms with Gasteiger partial charge in [-0.2, -0.15) is 9.59 Å². The molecule has 1 aliphatic carbocycles. The van der Waals surface area contributed by atoms with E-state index < -0.39 is 0 Å². The molecule has 70 valence electrons. The van der Waals surface area contributed by atoms with Gasteiger partial charge in [0.25, 0.3) is 0 Å². The van der Waals surface area contributed by atoms with Gasteiger partial charge in [-0.25, -0.2) is 0 Å². The Kier molecular flexibility index (Phi) is 4.79. The minimum absolute atomic E-state index is 0.250. The predicted molar refractivity (Wildman–Crippen MR) is 45.5 cm³/mol. The molecule has 3 heteroatoms. The smallest absolute Gasteiger partial charge is 0.313 e. The maximum atomic E-state index is 8.12. The van der Waals surface area contributed by atoms with Crippen molar-refractivity contribution >= 4 is 6.15 Å². The third kappa shape index (κ3) is 9.34. The van der Waals surface area contributed by atoms with E-state index in [9.17, 15) is 0 Å². The van der Waals surface area contributed by atoms with Crippen molar-refractivity contribution in [2.75, 3.05) is 6.54 Å². The lowest BCUT2D eigenvalue weighted by molar-refractivity contribution is -0.191. The standard InChI is InChI=1S/C8H17N.CO2/c1-8(2,3)6-9-7-4-5-7;2-1-3/h7,9H,4-6H2,1-3H3;. The summed E-state index contributed by atoms with van der Waals surface area (Å²) in [7, 11) is 0. The Morgan fingerprint density at radius 3 is 2.00 bits per heavy atom. The number of hydrogen-bond donors (Lipinski definition) is 1. The third-order valence-corrected chi connectivity index (χ3v) is 1.50. The van der Waals surface area contributed by atoms with Crippen molar-refractivity contribution < 1.29 is 9.59 Å².